The highest BCUT2D eigenvalue weighted by atomic mass is 14.7. The molecular formula is C22H23N. The van der Waals surface area contributed by atoms with Gasteiger partial charge in [-0.2, -0.15) is 0 Å². The van der Waals surface area contributed by atoms with Crippen molar-refractivity contribution < 1.29 is 0 Å². The first-order valence-corrected chi connectivity index (χ1v) is 8.19. The van der Waals surface area contributed by atoms with Crippen molar-refractivity contribution in [3.63, 3.8) is 0 Å². The monoisotopic (exact) mass is 301 g/mol. The summed E-state index contributed by atoms with van der Waals surface area (Å²) >= 11 is 0. The Hall–Kier alpha value is -2.41. The number of nitrogens with zero attached hydrogens (tertiary/aromatic N) is 1. The van der Waals surface area contributed by atoms with Crippen molar-refractivity contribution in [2.24, 2.45) is 0 Å². The first kappa shape index (κ1) is 15.5. The molecule has 0 fully saturated rings. The first-order valence-electron chi connectivity index (χ1n) is 8.19. The summed E-state index contributed by atoms with van der Waals surface area (Å²) in [7, 11) is 0. The molecule has 0 N–H and O–H groups in total. The van der Waals surface area contributed by atoms with Crippen LogP contribution in [0.3, 0.4) is 0 Å². The fourth-order valence-corrected chi connectivity index (χ4v) is 3.06. The number of aryl methyl sites for hydroxylation is 2. The normalized spacial score (nSPS) is 11.0. The predicted molar refractivity (Wildman–Crippen MR) is 98.7 cm³/mol. The molecule has 3 aromatic rings. The second kappa shape index (κ2) is 6.37. The number of aromatic nitrogens is 1. The summed E-state index contributed by atoms with van der Waals surface area (Å²) in [5.74, 6) is 0.455. The van der Waals surface area contributed by atoms with Gasteiger partial charge in [-0.3, -0.25) is 4.98 Å². The van der Waals surface area contributed by atoms with Gasteiger partial charge in [0.15, 0.2) is 0 Å². The van der Waals surface area contributed by atoms with Crippen molar-refractivity contribution in [3.8, 4) is 22.4 Å². The quantitative estimate of drug-likeness (QED) is 0.565. The lowest BCUT2D eigenvalue weighted by Crippen LogP contribution is -1.97. The zero-order valence-corrected chi connectivity index (χ0v) is 14.3. The first-order chi connectivity index (χ1) is 11.1. The van der Waals surface area contributed by atoms with E-state index in [0.717, 1.165) is 5.69 Å². The van der Waals surface area contributed by atoms with Crippen molar-refractivity contribution in [1.29, 1.82) is 0 Å². The number of benzene rings is 2. The average molecular weight is 301 g/mol. The fraction of sp³-hybridized carbons (Fsp3) is 0.227. The third-order valence-electron chi connectivity index (χ3n) is 4.30. The Morgan fingerprint density at radius 1 is 0.826 bits per heavy atom. The van der Waals surface area contributed by atoms with E-state index >= 15 is 0 Å². The molecular weight excluding hydrogens is 278 g/mol. The summed E-state index contributed by atoms with van der Waals surface area (Å²) in [5, 5.41) is 0. The zero-order valence-electron chi connectivity index (χ0n) is 14.3. The van der Waals surface area contributed by atoms with Crippen LogP contribution in [0.5, 0.6) is 0 Å². The van der Waals surface area contributed by atoms with Crippen molar-refractivity contribution >= 4 is 0 Å². The highest BCUT2D eigenvalue weighted by Crippen LogP contribution is 2.33. The van der Waals surface area contributed by atoms with Crippen molar-refractivity contribution in [2.45, 2.75) is 33.6 Å². The Kier molecular flexibility index (Phi) is 4.29. The summed E-state index contributed by atoms with van der Waals surface area (Å²) < 4.78 is 0. The minimum atomic E-state index is 0.455. The molecule has 1 aromatic heterocycles. The smallest absolute Gasteiger partial charge is 0.0705 e. The molecule has 116 valence electrons. The minimum Gasteiger partial charge on any atom is -0.256 e. The summed E-state index contributed by atoms with van der Waals surface area (Å²) in [6, 6.07) is 19.3. The van der Waals surface area contributed by atoms with Gasteiger partial charge < -0.3 is 0 Å². The van der Waals surface area contributed by atoms with E-state index in [1.807, 2.05) is 12.3 Å². The van der Waals surface area contributed by atoms with Crippen molar-refractivity contribution in [1.82, 2.24) is 4.98 Å². The molecule has 1 nitrogen and oxygen atoms in total. The molecule has 0 amide bonds. The molecule has 1 heteroatoms. The Labute approximate surface area is 139 Å². The summed E-state index contributed by atoms with van der Waals surface area (Å²) in [4.78, 5) is 4.73. The molecule has 0 aliphatic carbocycles. The van der Waals surface area contributed by atoms with Gasteiger partial charge in [0.1, 0.15) is 0 Å². The fourth-order valence-electron chi connectivity index (χ4n) is 3.06. The van der Waals surface area contributed by atoms with E-state index in [1.54, 1.807) is 0 Å². The molecule has 23 heavy (non-hydrogen) atoms. The van der Waals surface area contributed by atoms with E-state index in [2.05, 4.69) is 76.2 Å². The van der Waals surface area contributed by atoms with Gasteiger partial charge in [-0.25, -0.2) is 0 Å². The number of hydrogen-bond acceptors (Lipinski definition) is 1. The van der Waals surface area contributed by atoms with Crippen LogP contribution in [0.1, 0.15) is 36.5 Å². The largest absolute Gasteiger partial charge is 0.256 e. The van der Waals surface area contributed by atoms with Gasteiger partial charge in [-0.1, -0.05) is 67.9 Å². The Bertz CT molecular complexity index is 817. The van der Waals surface area contributed by atoms with Crippen LogP contribution < -0.4 is 0 Å². The van der Waals surface area contributed by atoms with Gasteiger partial charge in [0.25, 0.3) is 0 Å². The lowest BCUT2D eigenvalue weighted by Gasteiger charge is -2.16. The maximum atomic E-state index is 4.73. The highest BCUT2D eigenvalue weighted by molar-refractivity contribution is 5.73. The van der Waals surface area contributed by atoms with Crippen molar-refractivity contribution in [2.75, 3.05) is 0 Å². The Balaban J connectivity index is 2.15. The van der Waals surface area contributed by atoms with E-state index in [4.69, 9.17) is 4.98 Å². The summed E-state index contributed by atoms with van der Waals surface area (Å²) in [6.45, 7) is 8.81. The van der Waals surface area contributed by atoms with E-state index in [9.17, 15) is 0 Å². The molecule has 0 aliphatic rings. The highest BCUT2D eigenvalue weighted by Gasteiger charge is 2.13. The molecule has 0 bridgehead atoms. The van der Waals surface area contributed by atoms with E-state index < -0.39 is 0 Å². The number of rotatable bonds is 3. The molecule has 0 spiro atoms. The molecule has 0 saturated heterocycles. The number of hydrogen-bond donors (Lipinski definition) is 0. The molecule has 3 rings (SSSR count). The van der Waals surface area contributed by atoms with Crippen molar-refractivity contribution in [3.05, 3.63) is 77.5 Å². The van der Waals surface area contributed by atoms with Crippen LogP contribution in [-0.4, -0.2) is 4.98 Å². The zero-order chi connectivity index (χ0) is 16.4. The molecule has 0 saturated carbocycles. The lowest BCUT2D eigenvalue weighted by molar-refractivity contribution is 0.866. The van der Waals surface area contributed by atoms with E-state index in [-0.39, 0.29) is 0 Å². The van der Waals surface area contributed by atoms with Gasteiger partial charge >= 0.3 is 0 Å². The van der Waals surface area contributed by atoms with Crippen LogP contribution in [0.25, 0.3) is 22.4 Å². The molecule has 1 heterocycles. The summed E-state index contributed by atoms with van der Waals surface area (Å²) in [5.41, 5.74) is 8.70. The SMILES string of the molecule is Cc1ccc(-c2cnc(-c3ccccc3)cc2C(C)C)c(C)c1. The van der Waals surface area contributed by atoms with Gasteiger partial charge in [0.2, 0.25) is 0 Å². The van der Waals surface area contributed by atoms with Crippen LogP contribution in [0.2, 0.25) is 0 Å². The molecule has 2 aromatic carbocycles. The van der Waals surface area contributed by atoms with Crippen LogP contribution in [0.15, 0.2) is 60.8 Å². The molecule has 0 radical (unpaired) electrons. The van der Waals surface area contributed by atoms with Gasteiger partial charge in [0, 0.05) is 17.3 Å². The van der Waals surface area contributed by atoms with E-state index in [0.29, 0.717) is 5.92 Å². The van der Waals surface area contributed by atoms with Gasteiger partial charge in [-0.15, -0.1) is 0 Å². The molecule has 0 unspecified atom stereocenters. The molecule has 0 atom stereocenters. The lowest BCUT2D eigenvalue weighted by atomic mass is 9.90. The van der Waals surface area contributed by atoms with Crippen LogP contribution in [-0.2, 0) is 0 Å². The van der Waals surface area contributed by atoms with Crippen LogP contribution >= 0.6 is 0 Å². The predicted octanol–water partition coefficient (Wildman–Crippen LogP) is 6.16. The maximum absolute atomic E-state index is 4.73. The van der Waals surface area contributed by atoms with Gasteiger partial charge in [-0.05, 0) is 42.5 Å². The third-order valence-corrected chi connectivity index (χ3v) is 4.30. The Morgan fingerprint density at radius 3 is 2.22 bits per heavy atom. The second-order valence-electron chi connectivity index (χ2n) is 6.50. The third kappa shape index (κ3) is 3.19. The minimum absolute atomic E-state index is 0.455. The average Bonchev–Trinajstić information content (AvgIpc) is 2.55. The maximum Gasteiger partial charge on any atom is 0.0705 e. The Morgan fingerprint density at radius 2 is 1.57 bits per heavy atom. The van der Waals surface area contributed by atoms with Crippen LogP contribution in [0, 0.1) is 13.8 Å². The van der Waals surface area contributed by atoms with Gasteiger partial charge in [0.05, 0.1) is 5.69 Å². The number of pyridine rings is 1. The second-order valence-corrected chi connectivity index (χ2v) is 6.50. The van der Waals surface area contributed by atoms with E-state index in [1.165, 1.54) is 33.4 Å². The standard InChI is InChI=1S/C22H23N/c1-15(2)20-13-22(18-8-6-5-7-9-18)23-14-21(20)19-11-10-16(3)12-17(19)4/h5-15H,1-4H3. The summed E-state index contributed by atoms with van der Waals surface area (Å²) in [6.07, 6.45) is 2.04. The topological polar surface area (TPSA) is 12.9 Å². The van der Waals surface area contributed by atoms with Crippen LogP contribution in [0.4, 0.5) is 0 Å². The molecule has 0 aliphatic heterocycles.